The van der Waals surface area contributed by atoms with E-state index in [1.165, 1.54) is 0 Å². The van der Waals surface area contributed by atoms with Crippen LogP contribution < -0.4 is 0 Å². The molecule has 7 heteroatoms. The summed E-state index contributed by atoms with van der Waals surface area (Å²) in [5.74, 6) is -5.82. The van der Waals surface area contributed by atoms with Gasteiger partial charge in [-0.15, -0.1) is 12.4 Å². The van der Waals surface area contributed by atoms with Gasteiger partial charge in [0.05, 0.1) is 5.92 Å². The van der Waals surface area contributed by atoms with Crippen molar-refractivity contribution in [2.24, 2.45) is 11.3 Å². The van der Waals surface area contributed by atoms with E-state index < -0.39 is 29.2 Å². The van der Waals surface area contributed by atoms with Gasteiger partial charge in [-0.1, -0.05) is 0 Å². The van der Waals surface area contributed by atoms with Crippen LogP contribution in [0, 0.1) is 11.3 Å². The molecule has 0 bridgehead atoms. The summed E-state index contributed by atoms with van der Waals surface area (Å²) in [5, 5.41) is 25.3. The molecule has 74 valence electrons. The quantitative estimate of drug-likeness (QED) is 0.550. The van der Waals surface area contributed by atoms with Crippen LogP contribution in [0.3, 0.4) is 0 Å². The van der Waals surface area contributed by atoms with Crippen molar-refractivity contribution in [1.29, 1.82) is 0 Å². The second kappa shape index (κ2) is 3.21. The van der Waals surface area contributed by atoms with Gasteiger partial charge in [-0.25, -0.2) is 0 Å². The number of rotatable bonds is 3. The SMILES string of the molecule is Cl.O=C(O)C1CC1(C(=O)O)C(=O)O. The summed E-state index contributed by atoms with van der Waals surface area (Å²) in [7, 11) is 0. The fourth-order valence-corrected chi connectivity index (χ4v) is 1.13. The predicted molar refractivity (Wildman–Crippen MR) is 40.7 cm³/mol. The number of carboxylic acid groups (broad SMARTS) is 3. The van der Waals surface area contributed by atoms with Crippen molar-refractivity contribution in [3.8, 4) is 0 Å². The number of carboxylic acids is 3. The van der Waals surface area contributed by atoms with Crippen LogP contribution in [-0.4, -0.2) is 33.2 Å². The van der Waals surface area contributed by atoms with Gasteiger partial charge < -0.3 is 15.3 Å². The van der Waals surface area contributed by atoms with Gasteiger partial charge in [-0.3, -0.25) is 14.4 Å². The van der Waals surface area contributed by atoms with Crippen LogP contribution in [0.2, 0.25) is 0 Å². The molecular weight excluding hydrogens is 204 g/mol. The molecule has 0 spiro atoms. The minimum absolute atomic E-state index is 0. The summed E-state index contributed by atoms with van der Waals surface area (Å²) in [4.78, 5) is 31.1. The number of carbonyl (C=O) groups is 3. The van der Waals surface area contributed by atoms with Crippen LogP contribution in [0.25, 0.3) is 0 Å². The van der Waals surface area contributed by atoms with Crippen molar-refractivity contribution in [3.63, 3.8) is 0 Å². The lowest BCUT2D eigenvalue weighted by Gasteiger charge is -2.02. The molecule has 0 saturated heterocycles. The maximum atomic E-state index is 10.4. The molecule has 1 rings (SSSR count). The van der Waals surface area contributed by atoms with Gasteiger partial charge in [-0.05, 0) is 6.42 Å². The molecule has 1 aliphatic rings. The molecular formula is C6H7ClO6. The Morgan fingerprint density at radius 2 is 1.46 bits per heavy atom. The number of hydrogen-bond donors (Lipinski definition) is 3. The molecule has 0 aliphatic heterocycles. The van der Waals surface area contributed by atoms with Crippen molar-refractivity contribution in [2.45, 2.75) is 6.42 Å². The van der Waals surface area contributed by atoms with Crippen molar-refractivity contribution in [2.75, 3.05) is 0 Å². The first-order chi connectivity index (χ1) is 5.43. The van der Waals surface area contributed by atoms with E-state index in [2.05, 4.69) is 0 Å². The normalized spacial score (nSPS) is 22.6. The van der Waals surface area contributed by atoms with Crippen LogP contribution >= 0.6 is 12.4 Å². The van der Waals surface area contributed by atoms with Gasteiger partial charge >= 0.3 is 17.9 Å². The molecule has 1 saturated carbocycles. The molecule has 6 nitrogen and oxygen atoms in total. The molecule has 0 aromatic carbocycles. The van der Waals surface area contributed by atoms with Gasteiger partial charge in [0.1, 0.15) is 0 Å². The highest BCUT2D eigenvalue weighted by molar-refractivity contribution is 6.07. The van der Waals surface area contributed by atoms with Gasteiger partial charge in [0.2, 0.25) is 0 Å². The molecule has 1 fully saturated rings. The second-order valence-corrected chi connectivity index (χ2v) is 2.68. The standard InChI is InChI=1S/C6H6O6.ClH/c7-3(8)2-1-6(2,4(9)10)5(11)12;/h2H,1H2,(H,7,8)(H,9,10)(H,11,12);1H. The maximum absolute atomic E-state index is 10.4. The Hall–Kier alpha value is -1.30. The molecule has 13 heavy (non-hydrogen) atoms. The zero-order chi connectivity index (χ0) is 9.52. The first kappa shape index (κ1) is 11.7. The van der Waals surface area contributed by atoms with Gasteiger partial charge in [0.15, 0.2) is 5.41 Å². The van der Waals surface area contributed by atoms with Crippen molar-refractivity contribution in [1.82, 2.24) is 0 Å². The smallest absolute Gasteiger partial charge is 0.321 e. The van der Waals surface area contributed by atoms with Crippen molar-refractivity contribution >= 4 is 30.3 Å². The molecule has 0 aromatic heterocycles. The number of aliphatic carboxylic acids is 3. The highest BCUT2D eigenvalue weighted by Gasteiger charge is 2.70. The summed E-state index contributed by atoms with van der Waals surface area (Å²) < 4.78 is 0. The average Bonchev–Trinajstić information content (AvgIpc) is 2.60. The van der Waals surface area contributed by atoms with Gasteiger partial charge in [0, 0.05) is 0 Å². The lowest BCUT2D eigenvalue weighted by atomic mass is 10.1. The monoisotopic (exact) mass is 210 g/mol. The minimum atomic E-state index is -2.08. The summed E-state index contributed by atoms with van der Waals surface area (Å²) in [6, 6.07) is 0. The topological polar surface area (TPSA) is 112 Å². The summed E-state index contributed by atoms with van der Waals surface area (Å²) in [6.45, 7) is 0. The number of hydrogen-bond acceptors (Lipinski definition) is 3. The first-order valence-corrected chi connectivity index (χ1v) is 3.12. The molecule has 1 aliphatic carbocycles. The Bertz CT molecular complexity index is 258. The van der Waals surface area contributed by atoms with Crippen LogP contribution in [0.5, 0.6) is 0 Å². The average molecular weight is 211 g/mol. The summed E-state index contributed by atoms with van der Waals surface area (Å²) in [5.41, 5.74) is -2.08. The fourth-order valence-electron chi connectivity index (χ4n) is 1.13. The van der Waals surface area contributed by atoms with E-state index in [1.807, 2.05) is 0 Å². The van der Waals surface area contributed by atoms with Crippen molar-refractivity contribution < 1.29 is 29.7 Å². The molecule has 0 radical (unpaired) electrons. The lowest BCUT2D eigenvalue weighted by molar-refractivity contribution is -0.160. The molecule has 1 atom stereocenters. The zero-order valence-electron chi connectivity index (χ0n) is 6.26. The Kier molecular flexibility index (Phi) is 2.89. The van der Waals surface area contributed by atoms with E-state index in [0.29, 0.717) is 0 Å². The maximum Gasteiger partial charge on any atom is 0.321 e. The van der Waals surface area contributed by atoms with Crippen LogP contribution in [-0.2, 0) is 14.4 Å². The van der Waals surface area contributed by atoms with E-state index in [9.17, 15) is 14.4 Å². The predicted octanol–water partition coefficient (Wildman–Crippen LogP) is -0.332. The largest absolute Gasteiger partial charge is 0.481 e. The van der Waals surface area contributed by atoms with E-state index in [4.69, 9.17) is 15.3 Å². The molecule has 0 heterocycles. The van der Waals surface area contributed by atoms with Crippen molar-refractivity contribution in [3.05, 3.63) is 0 Å². The number of halogens is 1. The van der Waals surface area contributed by atoms with E-state index in [-0.39, 0.29) is 18.8 Å². The Labute approximate surface area is 78.6 Å². The second-order valence-electron chi connectivity index (χ2n) is 2.68. The third-order valence-electron chi connectivity index (χ3n) is 2.02. The summed E-state index contributed by atoms with van der Waals surface area (Å²) >= 11 is 0. The highest BCUT2D eigenvalue weighted by atomic mass is 35.5. The van der Waals surface area contributed by atoms with E-state index in [1.54, 1.807) is 0 Å². The van der Waals surface area contributed by atoms with E-state index >= 15 is 0 Å². The van der Waals surface area contributed by atoms with Gasteiger partial charge in [-0.2, -0.15) is 0 Å². The molecule has 0 amide bonds. The molecule has 1 unspecified atom stereocenters. The highest BCUT2D eigenvalue weighted by Crippen LogP contribution is 2.53. The Morgan fingerprint density at radius 1 is 1.08 bits per heavy atom. The van der Waals surface area contributed by atoms with Crippen LogP contribution in [0.4, 0.5) is 0 Å². The lowest BCUT2D eigenvalue weighted by Crippen LogP contribution is -2.29. The summed E-state index contributed by atoms with van der Waals surface area (Å²) in [6.07, 6.45) is -0.326. The minimum Gasteiger partial charge on any atom is -0.481 e. The fraction of sp³-hybridized carbons (Fsp3) is 0.500. The molecule has 0 aromatic rings. The van der Waals surface area contributed by atoms with Crippen LogP contribution in [0.15, 0.2) is 0 Å². The molecule has 3 N–H and O–H groups in total. The van der Waals surface area contributed by atoms with Crippen LogP contribution in [0.1, 0.15) is 6.42 Å². The third kappa shape index (κ3) is 1.44. The zero-order valence-corrected chi connectivity index (χ0v) is 7.08. The first-order valence-electron chi connectivity index (χ1n) is 3.12. The van der Waals surface area contributed by atoms with Gasteiger partial charge in [0.25, 0.3) is 0 Å². The Balaban J connectivity index is 0.00000144. The Morgan fingerprint density at radius 3 is 1.54 bits per heavy atom. The third-order valence-corrected chi connectivity index (χ3v) is 2.02. The van der Waals surface area contributed by atoms with E-state index in [0.717, 1.165) is 0 Å².